The van der Waals surface area contributed by atoms with E-state index in [4.69, 9.17) is 36.6 Å². The van der Waals surface area contributed by atoms with Crippen LogP contribution in [0.4, 0.5) is 0 Å². The summed E-state index contributed by atoms with van der Waals surface area (Å²) in [6.45, 7) is 20.8. The molecule has 1 aliphatic heterocycles. The number of unbranched alkanes of at least 4 members (excludes halogenated alkanes) is 3. The zero-order valence-corrected chi connectivity index (χ0v) is 32.6. The summed E-state index contributed by atoms with van der Waals surface area (Å²) in [5, 5.41) is 6.86. The Labute approximate surface area is 309 Å². The molecule has 0 bridgehead atoms. The van der Waals surface area contributed by atoms with E-state index in [-0.39, 0.29) is 5.97 Å². The molecule has 10 heteroatoms. The Bertz CT molecular complexity index is 1770. The number of aryl methyl sites for hydroxylation is 5. The number of benzene rings is 2. The van der Waals surface area contributed by atoms with Crippen LogP contribution in [0.2, 0.25) is 5.02 Å². The number of para-hydroxylation sites is 1. The molecule has 0 saturated carbocycles. The lowest BCUT2D eigenvalue weighted by Gasteiger charge is -2.27. The number of nitrogens with zero attached hydrogens (tertiary/aromatic N) is 4. The van der Waals surface area contributed by atoms with Gasteiger partial charge < -0.3 is 24.5 Å². The smallest absolute Gasteiger partial charge is 0.355 e. The van der Waals surface area contributed by atoms with E-state index < -0.39 is 5.60 Å². The lowest BCUT2D eigenvalue weighted by molar-refractivity contribution is 0.00538. The first-order chi connectivity index (χ1) is 24.4. The lowest BCUT2D eigenvalue weighted by Crippen LogP contribution is -2.38. The molecule has 0 aliphatic carbocycles. The minimum Gasteiger partial charge on any atom is -0.494 e. The van der Waals surface area contributed by atoms with Crippen LogP contribution in [-0.4, -0.2) is 76.8 Å². The number of rotatable bonds is 16. The summed E-state index contributed by atoms with van der Waals surface area (Å²) in [4.78, 5) is 16.7. The zero-order chi connectivity index (χ0) is 36.7. The molecule has 0 spiro atoms. The van der Waals surface area contributed by atoms with Crippen molar-refractivity contribution in [3.63, 3.8) is 0 Å². The molecule has 1 aliphatic rings. The normalized spacial score (nSPS) is 14.1. The predicted octanol–water partition coefficient (Wildman–Crippen LogP) is 8.21. The molecular formula is C41H58ClN5O4. The van der Waals surface area contributed by atoms with Crippen molar-refractivity contribution >= 4 is 28.5 Å². The van der Waals surface area contributed by atoms with Crippen molar-refractivity contribution < 1.29 is 19.0 Å². The van der Waals surface area contributed by atoms with Crippen molar-refractivity contribution in [3.05, 3.63) is 69.1 Å². The van der Waals surface area contributed by atoms with Crippen molar-refractivity contribution in [1.29, 1.82) is 0 Å². The molecule has 0 atom stereocenters. The number of carbonyl (C=O) groups is 1. The first-order valence-corrected chi connectivity index (χ1v) is 19.1. The lowest BCUT2D eigenvalue weighted by atomic mass is 9.98. The van der Waals surface area contributed by atoms with E-state index in [2.05, 4.69) is 46.2 Å². The van der Waals surface area contributed by atoms with Crippen molar-refractivity contribution in [2.45, 2.75) is 106 Å². The van der Waals surface area contributed by atoms with Crippen molar-refractivity contribution in [2.24, 2.45) is 5.73 Å². The maximum atomic E-state index is 14.3. The average molecular weight is 720 g/mol. The Hall–Kier alpha value is -3.37. The van der Waals surface area contributed by atoms with E-state index in [1.165, 1.54) is 0 Å². The molecule has 2 N–H and O–H groups in total. The summed E-state index contributed by atoms with van der Waals surface area (Å²) in [6, 6.07) is 10.4. The zero-order valence-electron chi connectivity index (χ0n) is 31.9. The van der Waals surface area contributed by atoms with E-state index in [1.807, 2.05) is 46.8 Å². The molecule has 278 valence electrons. The van der Waals surface area contributed by atoms with Gasteiger partial charge in [-0.3, -0.25) is 9.58 Å². The predicted molar refractivity (Wildman–Crippen MR) is 207 cm³/mol. The highest BCUT2D eigenvalue weighted by Gasteiger charge is 2.30. The number of carbonyl (C=O) groups excluding carboxylic acids is 1. The molecule has 51 heavy (non-hydrogen) atoms. The van der Waals surface area contributed by atoms with Crippen LogP contribution in [0, 0.1) is 27.7 Å². The highest BCUT2D eigenvalue weighted by Crippen LogP contribution is 2.39. The first-order valence-electron chi connectivity index (χ1n) is 18.7. The largest absolute Gasteiger partial charge is 0.494 e. The van der Waals surface area contributed by atoms with Gasteiger partial charge >= 0.3 is 5.97 Å². The highest BCUT2D eigenvalue weighted by atomic mass is 35.5. The Morgan fingerprint density at radius 2 is 1.67 bits per heavy atom. The maximum Gasteiger partial charge on any atom is 0.355 e. The fraction of sp³-hybridized carbons (Fsp3) is 0.561. The molecule has 1 fully saturated rings. The van der Waals surface area contributed by atoms with Gasteiger partial charge in [-0.05, 0) is 110 Å². The first kappa shape index (κ1) is 38.9. The molecule has 0 radical (unpaired) electrons. The number of esters is 1. The monoisotopic (exact) mass is 719 g/mol. The second-order valence-corrected chi connectivity index (χ2v) is 15.3. The van der Waals surface area contributed by atoms with Crippen LogP contribution < -0.4 is 10.5 Å². The highest BCUT2D eigenvalue weighted by molar-refractivity contribution is 6.32. The number of hydrogen-bond donors (Lipinski definition) is 1. The molecule has 2 aromatic heterocycles. The van der Waals surface area contributed by atoms with Crippen LogP contribution in [-0.2, 0) is 29.0 Å². The van der Waals surface area contributed by atoms with Crippen molar-refractivity contribution in [3.8, 4) is 16.9 Å². The van der Waals surface area contributed by atoms with Gasteiger partial charge in [-0.2, -0.15) is 5.10 Å². The summed E-state index contributed by atoms with van der Waals surface area (Å²) < 4.78 is 22.4. The molecule has 9 nitrogen and oxygen atoms in total. The maximum absolute atomic E-state index is 14.3. The summed E-state index contributed by atoms with van der Waals surface area (Å²) in [7, 11) is 0. The number of aromatic nitrogens is 3. The quantitative estimate of drug-likeness (QED) is 0.0921. The summed E-state index contributed by atoms with van der Waals surface area (Å²) in [6.07, 6.45) is 5.77. The minimum atomic E-state index is -0.644. The summed E-state index contributed by atoms with van der Waals surface area (Å²) in [5.74, 6) is 0.507. The summed E-state index contributed by atoms with van der Waals surface area (Å²) >= 11 is 6.41. The molecule has 5 rings (SSSR count). The van der Waals surface area contributed by atoms with Crippen LogP contribution in [0.1, 0.15) is 91.4 Å². The number of fused-ring (bicyclic) bond motifs is 1. The topological polar surface area (TPSA) is 96.8 Å². The van der Waals surface area contributed by atoms with Gasteiger partial charge in [-0.15, -0.1) is 0 Å². The third kappa shape index (κ3) is 9.55. The second kappa shape index (κ2) is 17.4. The van der Waals surface area contributed by atoms with Gasteiger partial charge in [0, 0.05) is 60.0 Å². The van der Waals surface area contributed by atoms with Gasteiger partial charge in [0.25, 0.3) is 0 Å². The Morgan fingerprint density at radius 1 is 0.961 bits per heavy atom. The fourth-order valence-electron chi connectivity index (χ4n) is 7.28. The molecule has 2 aromatic carbocycles. The SMILES string of the molecule is Cc1cc(OCCCc2c(C(=O)OC(C)(C)C)n(CCN3CCOCC3)c3c(-c4c(C)nn(CCCCCCN)c4C)cccc23)cc(C)c1Cl. The van der Waals surface area contributed by atoms with Gasteiger partial charge in [-0.1, -0.05) is 42.6 Å². The van der Waals surface area contributed by atoms with Crippen LogP contribution in [0.5, 0.6) is 5.75 Å². The van der Waals surface area contributed by atoms with E-state index >= 15 is 0 Å². The van der Waals surface area contributed by atoms with Crippen LogP contribution >= 0.6 is 11.6 Å². The molecule has 0 amide bonds. The van der Waals surface area contributed by atoms with E-state index in [0.29, 0.717) is 25.3 Å². The number of hydrogen-bond acceptors (Lipinski definition) is 7. The molecular weight excluding hydrogens is 662 g/mol. The Balaban J connectivity index is 1.57. The number of morpholine rings is 1. The van der Waals surface area contributed by atoms with Gasteiger partial charge in [-0.25, -0.2) is 4.79 Å². The molecule has 1 saturated heterocycles. The third-order valence-corrected chi connectivity index (χ3v) is 10.3. The number of nitrogens with two attached hydrogens (primary N) is 1. The number of ether oxygens (including phenoxy) is 3. The molecule has 4 aromatic rings. The van der Waals surface area contributed by atoms with E-state index in [1.54, 1.807) is 0 Å². The third-order valence-electron chi connectivity index (χ3n) is 9.75. The van der Waals surface area contributed by atoms with E-state index in [0.717, 1.165) is 139 Å². The van der Waals surface area contributed by atoms with Gasteiger partial charge in [0.05, 0.1) is 31.0 Å². The van der Waals surface area contributed by atoms with Gasteiger partial charge in [0.15, 0.2) is 0 Å². The fourth-order valence-corrected chi connectivity index (χ4v) is 7.39. The van der Waals surface area contributed by atoms with E-state index in [9.17, 15) is 4.79 Å². The number of halogens is 1. The van der Waals surface area contributed by atoms with Crippen LogP contribution in [0.3, 0.4) is 0 Å². The average Bonchev–Trinajstić information content (AvgIpc) is 3.56. The standard InChI is InChI=1S/C41H58ClN5O4/c1-28-26-32(27-29(2)37(28)42)50-23-13-16-34-33-14-12-15-35(36-30(3)44-47(31(36)4)18-11-9-8-10-17-43)38(33)46(20-19-45-21-24-49-25-22-45)39(34)40(48)51-41(5,6)7/h12,14-15,26-27H,8-11,13,16-25,43H2,1-7H3. The molecule has 3 heterocycles. The Morgan fingerprint density at radius 3 is 2.35 bits per heavy atom. The Kier molecular flexibility index (Phi) is 13.3. The minimum absolute atomic E-state index is 0.298. The second-order valence-electron chi connectivity index (χ2n) is 14.9. The van der Waals surface area contributed by atoms with Gasteiger partial charge in [0.1, 0.15) is 17.0 Å². The summed E-state index contributed by atoms with van der Waals surface area (Å²) in [5.41, 5.74) is 14.1. The molecule has 0 unspecified atom stereocenters. The van der Waals surface area contributed by atoms with Crippen LogP contribution in [0.15, 0.2) is 30.3 Å². The van der Waals surface area contributed by atoms with Crippen LogP contribution in [0.25, 0.3) is 22.0 Å². The van der Waals surface area contributed by atoms with Crippen molar-refractivity contribution in [1.82, 2.24) is 19.2 Å². The van der Waals surface area contributed by atoms with Gasteiger partial charge in [0.2, 0.25) is 0 Å². The van der Waals surface area contributed by atoms with Crippen molar-refractivity contribution in [2.75, 3.05) is 46.0 Å².